The molecule has 1 amide bonds. The molecule has 0 bridgehead atoms. The van der Waals surface area contributed by atoms with Crippen LogP contribution in [0.4, 0.5) is 4.79 Å². The summed E-state index contributed by atoms with van der Waals surface area (Å²) in [4.78, 5) is 42.3. The highest BCUT2D eigenvalue weighted by atomic mass is 16.5. The SMILES string of the molecule is COc1cccc(OC)c1C(=O)n1cncc1CC(NC(=O)OCC1c2ccccc2-c2ccccc21)C(=O)O. The van der Waals surface area contributed by atoms with Crippen LogP contribution in [0.3, 0.4) is 0 Å². The summed E-state index contributed by atoms with van der Waals surface area (Å²) < 4.78 is 17.4. The number of hydrogen-bond donors (Lipinski definition) is 2. The highest BCUT2D eigenvalue weighted by Gasteiger charge is 2.30. The first-order chi connectivity index (χ1) is 19.4. The second kappa shape index (κ2) is 11.3. The number of amides is 1. The van der Waals surface area contributed by atoms with Gasteiger partial charge >= 0.3 is 12.1 Å². The number of ether oxygens (including phenoxy) is 3. The number of carboxylic acid groups (broad SMARTS) is 1. The molecule has 3 aromatic carbocycles. The van der Waals surface area contributed by atoms with Crippen molar-refractivity contribution in [2.24, 2.45) is 0 Å². The van der Waals surface area contributed by atoms with Gasteiger partial charge in [0, 0.05) is 24.2 Å². The molecule has 4 aromatic rings. The van der Waals surface area contributed by atoms with Gasteiger partial charge in [-0.15, -0.1) is 0 Å². The van der Waals surface area contributed by atoms with Crippen LogP contribution >= 0.6 is 0 Å². The molecular formula is C30H27N3O7. The zero-order chi connectivity index (χ0) is 28.2. The molecule has 0 aliphatic heterocycles. The standard InChI is InChI=1S/C30H27N3O7/c1-38-25-12-7-13-26(39-2)27(25)28(34)33-17-31-15-18(33)14-24(29(35)36)32-30(37)40-16-23-21-10-5-3-8-19(21)20-9-4-6-11-22(20)23/h3-13,15,17,23-24H,14,16H2,1-2H3,(H,32,37)(H,35,36). The fourth-order valence-corrected chi connectivity index (χ4v) is 5.03. The number of fused-ring (bicyclic) bond motifs is 3. The van der Waals surface area contributed by atoms with E-state index in [1.54, 1.807) is 18.2 Å². The molecule has 0 saturated heterocycles. The fourth-order valence-electron chi connectivity index (χ4n) is 5.03. The molecule has 1 heterocycles. The summed E-state index contributed by atoms with van der Waals surface area (Å²) in [7, 11) is 2.86. The number of carbonyl (C=O) groups is 3. The summed E-state index contributed by atoms with van der Waals surface area (Å²) in [5, 5.41) is 12.3. The second-order valence-electron chi connectivity index (χ2n) is 9.16. The van der Waals surface area contributed by atoms with Crippen molar-refractivity contribution in [3.8, 4) is 22.6 Å². The number of hydrogen-bond acceptors (Lipinski definition) is 7. The van der Waals surface area contributed by atoms with Crippen molar-refractivity contribution in [3.63, 3.8) is 0 Å². The van der Waals surface area contributed by atoms with E-state index in [0.29, 0.717) is 0 Å². The van der Waals surface area contributed by atoms with Crippen molar-refractivity contribution in [1.29, 1.82) is 0 Å². The highest BCUT2D eigenvalue weighted by molar-refractivity contribution is 6.01. The van der Waals surface area contributed by atoms with Gasteiger partial charge in [0.05, 0.1) is 14.2 Å². The Bertz CT molecular complexity index is 1510. The summed E-state index contributed by atoms with van der Waals surface area (Å²) >= 11 is 0. The van der Waals surface area contributed by atoms with Gasteiger partial charge in [-0.3, -0.25) is 9.36 Å². The van der Waals surface area contributed by atoms with Crippen molar-refractivity contribution in [2.75, 3.05) is 20.8 Å². The second-order valence-corrected chi connectivity index (χ2v) is 9.16. The highest BCUT2D eigenvalue weighted by Crippen LogP contribution is 2.44. The Morgan fingerprint density at radius 1 is 0.925 bits per heavy atom. The minimum Gasteiger partial charge on any atom is -0.496 e. The van der Waals surface area contributed by atoms with E-state index in [4.69, 9.17) is 14.2 Å². The number of aromatic nitrogens is 2. The maximum Gasteiger partial charge on any atom is 0.407 e. The van der Waals surface area contributed by atoms with Crippen LogP contribution in [0.25, 0.3) is 11.1 Å². The van der Waals surface area contributed by atoms with E-state index in [1.165, 1.54) is 31.3 Å². The number of rotatable bonds is 9. The lowest BCUT2D eigenvalue weighted by Crippen LogP contribution is -2.43. The number of aliphatic carboxylic acids is 1. The van der Waals surface area contributed by atoms with Gasteiger partial charge in [-0.1, -0.05) is 54.6 Å². The monoisotopic (exact) mass is 541 g/mol. The molecule has 204 valence electrons. The number of benzene rings is 3. The van der Waals surface area contributed by atoms with E-state index in [1.807, 2.05) is 48.5 Å². The summed E-state index contributed by atoms with van der Waals surface area (Å²) in [5.74, 6) is -1.40. The van der Waals surface area contributed by atoms with Crippen molar-refractivity contribution in [2.45, 2.75) is 18.4 Å². The largest absolute Gasteiger partial charge is 0.496 e. The van der Waals surface area contributed by atoms with Gasteiger partial charge in [0.1, 0.15) is 36.0 Å². The van der Waals surface area contributed by atoms with E-state index in [0.717, 1.165) is 22.3 Å². The first kappa shape index (κ1) is 26.5. The fraction of sp³-hybridized carbons (Fsp3) is 0.200. The van der Waals surface area contributed by atoms with Crippen molar-refractivity contribution < 1.29 is 33.7 Å². The van der Waals surface area contributed by atoms with Crippen LogP contribution in [0.5, 0.6) is 11.5 Å². The maximum absolute atomic E-state index is 13.4. The topological polar surface area (TPSA) is 129 Å². The Morgan fingerprint density at radius 3 is 2.10 bits per heavy atom. The Labute approximate surface area is 230 Å². The summed E-state index contributed by atoms with van der Waals surface area (Å²) in [6.07, 6.45) is 1.55. The van der Waals surface area contributed by atoms with Gasteiger partial charge < -0.3 is 24.6 Å². The molecule has 0 spiro atoms. The lowest BCUT2D eigenvalue weighted by molar-refractivity contribution is -0.139. The quantitative estimate of drug-likeness (QED) is 0.324. The van der Waals surface area contributed by atoms with Crippen LogP contribution in [0.15, 0.2) is 79.3 Å². The molecule has 1 atom stereocenters. The van der Waals surface area contributed by atoms with Crippen molar-refractivity contribution >= 4 is 18.0 Å². The third-order valence-electron chi connectivity index (χ3n) is 6.92. The molecule has 10 nitrogen and oxygen atoms in total. The molecule has 1 aliphatic carbocycles. The van der Waals surface area contributed by atoms with Crippen molar-refractivity contribution in [3.05, 3.63) is 102 Å². The Kier molecular flexibility index (Phi) is 7.50. The molecule has 5 rings (SSSR count). The van der Waals surface area contributed by atoms with Crippen molar-refractivity contribution in [1.82, 2.24) is 14.9 Å². The third-order valence-corrected chi connectivity index (χ3v) is 6.92. The number of carboxylic acids is 1. The van der Waals surface area contributed by atoms with Crippen LogP contribution in [-0.4, -0.2) is 59.5 Å². The zero-order valence-corrected chi connectivity index (χ0v) is 21.9. The normalized spacial score (nSPS) is 12.7. The van der Waals surface area contributed by atoms with Crippen LogP contribution in [0, 0.1) is 0 Å². The molecule has 0 saturated carbocycles. The number of imidazole rings is 1. The van der Waals surface area contributed by atoms with E-state index >= 15 is 0 Å². The van der Waals surface area contributed by atoms with Gasteiger partial charge in [0.15, 0.2) is 0 Å². The average Bonchev–Trinajstić information content (AvgIpc) is 3.57. The predicted molar refractivity (Wildman–Crippen MR) is 145 cm³/mol. The molecule has 1 unspecified atom stereocenters. The summed E-state index contributed by atoms with van der Waals surface area (Å²) in [5.41, 5.74) is 4.67. The van der Waals surface area contributed by atoms with Gasteiger partial charge in [-0.05, 0) is 34.4 Å². The minimum absolute atomic E-state index is 0.0379. The van der Waals surface area contributed by atoms with Crippen LogP contribution in [0.2, 0.25) is 0 Å². The van der Waals surface area contributed by atoms with Crippen LogP contribution < -0.4 is 14.8 Å². The molecule has 2 N–H and O–H groups in total. The molecule has 40 heavy (non-hydrogen) atoms. The molecule has 10 heteroatoms. The number of carbonyl (C=O) groups excluding carboxylic acids is 2. The number of nitrogens with one attached hydrogen (secondary N) is 1. The number of alkyl carbamates (subject to hydrolysis) is 1. The summed E-state index contributed by atoms with van der Waals surface area (Å²) in [6, 6.07) is 19.4. The molecule has 1 aliphatic rings. The van der Waals surface area contributed by atoms with Gasteiger partial charge in [0.25, 0.3) is 5.91 Å². The van der Waals surface area contributed by atoms with E-state index in [2.05, 4.69) is 10.3 Å². The number of methoxy groups -OCH3 is 2. The Morgan fingerprint density at radius 2 is 1.52 bits per heavy atom. The van der Waals surface area contributed by atoms with E-state index < -0.39 is 24.0 Å². The lowest BCUT2D eigenvalue weighted by atomic mass is 9.98. The molecular weight excluding hydrogens is 514 g/mol. The van der Waals surface area contributed by atoms with Gasteiger partial charge in [0.2, 0.25) is 0 Å². The Balaban J connectivity index is 1.30. The van der Waals surface area contributed by atoms with E-state index in [-0.39, 0.29) is 41.7 Å². The molecule has 0 fully saturated rings. The number of nitrogens with zero attached hydrogens (tertiary/aromatic N) is 2. The van der Waals surface area contributed by atoms with E-state index in [9.17, 15) is 19.5 Å². The average molecular weight is 542 g/mol. The van der Waals surface area contributed by atoms with Crippen LogP contribution in [0.1, 0.15) is 33.1 Å². The molecule has 1 aromatic heterocycles. The van der Waals surface area contributed by atoms with Gasteiger partial charge in [-0.2, -0.15) is 0 Å². The minimum atomic E-state index is -1.38. The summed E-state index contributed by atoms with van der Waals surface area (Å²) in [6.45, 7) is 0.0379. The maximum atomic E-state index is 13.4. The zero-order valence-electron chi connectivity index (χ0n) is 21.9. The van der Waals surface area contributed by atoms with Gasteiger partial charge in [-0.25, -0.2) is 14.6 Å². The predicted octanol–water partition coefficient (Wildman–Crippen LogP) is 4.12. The third kappa shape index (κ3) is 4.98. The smallest absolute Gasteiger partial charge is 0.407 e. The molecule has 0 radical (unpaired) electrons. The first-order valence-corrected chi connectivity index (χ1v) is 12.5. The Hall–Kier alpha value is -5.12. The first-order valence-electron chi connectivity index (χ1n) is 12.5. The van der Waals surface area contributed by atoms with Crippen LogP contribution in [-0.2, 0) is 16.0 Å². The lowest BCUT2D eigenvalue weighted by Gasteiger charge is -2.18.